The van der Waals surface area contributed by atoms with Gasteiger partial charge in [-0.2, -0.15) is 4.98 Å². The van der Waals surface area contributed by atoms with Crippen molar-refractivity contribution >= 4 is 22.9 Å². The third kappa shape index (κ3) is 5.83. The molecule has 0 fully saturated rings. The van der Waals surface area contributed by atoms with Gasteiger partial charge in [0.05, 0.1) is 12.2 Å². The summed E-state index contributed by atoms with van der Waals surface area (Å²) in [6.45, 7) is 10.0. The Kier molecular flexibility index (Phi) is 9.01. The number of amides is 2. The van der Waals surface area contributed by atoms with Crippen molar-refractivity contribution in [3.8, 4) is 0 Å². The van der Waals surface area contributed by atoms with Crippen molar-refractivity contribution in [3.05, 3.63) is 57.8 Å². The second-order valence-electron chi connectivity index (χ2n) is 9.57. The lowest BCUT2D eigenvalue weighted by Gasteiger charge is -2.38. The molecule has 0 aliphatic carbocycles. The maximum Gasteiger partial charge on any atom is 0.267 e. The minimum absolute atomic E-state index is 0.0540. The Bertz CT molecular complexity index is 1250. The number of carbonyl (C=O) groups is 2. The summed E-state index contributed by atoms with van der Waals surface area (Å²) >= 11 is 0. The minimum Gasteiger partial charge on any atom is -0.370 e. The van der Waals surface area contributed by atoms with E-state index in [0.29, 0.717) is 36.3 Å². The summed E-state index contributed by atoms with van der Waals surface area (Å²) in [5.74, 6) is -0.492. The van der Waals surface area contributed by atoms with Crippen molar-refractivity contribution < 1.29 is 14.1 Å². The number of aryl methyl sites for hydroxylation is 1. The van der Waals surface area contributed by atoms with E-state index >= 15 is 0 Å². The van der Waals surface area contributed by atoms with Gasteiger partial charge in [-0.1, -0.05) is 69.6 Å². The molecule has 0 aliphatic heterocycles. The van der Waals surface area contributed by atoms with Gasteiger partial charge in [0.1, 0.15) is 11.2 Å². The van der Waals surface area contributed by atoms with Gasteiger partial charge in [-0.15, -0.1) is 0 Å². The average molecular weight is 496 g/mol. The van der Waals surface area contributed by atoms with Gasteiger partial charge in [-0.3, -0.25) is 19.0 Å². The fourth-order valence-electron chi connectivity index (χ4n) is 4.78. The van der Waals surface area contributed by atoms with Gasteiger partial charge in [-0.05, 0) is 25.3 Å². The van der Waals surface area contributed by atoms with Crippen LogP contribution in [-0.4, -0.2) is 44.0 Å². The fourth-order valence-corrected chi connectivity index (χ4v) is 4.78. The number of benzene rings is 1. The first-order valence-electron chi connectivity index (χ1n) is 12.7. The summed E-state index contributed by atoms with van der Waals surface area (Å²) in [6.07, 6.45) is 2.19. The number of primary amides is 1. The maximum atomic E-state index is 13.7. The minimum atomic E-state index is -0.461. The molecule has 0 spiro atoms. The zero-order valence-corrected chi connectivity index (χ0v) is 21.9. The van der Waals surface area contributed by atoms with E-state index in [2.05, 4.69) is 12.1 Å². The molecule has 9 nitrogen and oxygen atoms in total. The molecule has 0 aliphatic rings. The highest BCUT2D eigenvalue weighted by Crippen LogP contribution is 2.31. The molecule has 2 N–H and O–H groups in total. The number of hydrogen-bond donors (Lipinski definition) is 1. The molecule has 2 atom stereocenters. The molecule has 9 heteroatoms. The average Bonchev–Trinajstić information content (AvgIpc) is 3.22. The van der Waals surface area contributed by atoms with Gasteiger partial charge in [-0.25, -0.2) is 0 Å². The van der Waals surface area contributed by atoms with Gasteiger partial charge in [0.15, 0.2) is 0 Å². The Hall–Kier alpha value is -3.49. The summed E-state index contributed by atoms with van der Waals surface area (Å²) in [5, 5.41) is 4.34. The zero-order valence-electron chi connectivity index (χ0n) is 21.9. The summed E-state index contributed by atoms with van der Waals surface area (Å²) in [5.41, 5.74) is 6.89. The summed E-state index contributed by atoms with van der Waals surface area (Å²) in [6, 6.07) is 9.45. The van der Waals surface area contributed by atoms with Crippen molar-refractivity contribution in [1.82, 2.24) is 19.6 Å². The molecule has 0 radical (unpaired) electrons. The van der Waals surface area contributed by atoms with E-state index in [4.69, 9.17) is 15.2 Å². The van der Waals surface area contributed by atoms with E-state index in [1.807, 2.05) is 51.1 Å². The van der Waals surface area contributed by atoms with E-state index in [1.165, 1.54) is 0 Å². The van der Waals surface area contributed by atoms with Crippen LogP contribution in [0, 0.1) is 12.8 Å². The van der Waals surface area contributed by atoms with Gasteiger partial charge in [0.2, 0.25) is 11.8 Å². The smallest absolute Gasteiger partial charge is 0.267 e. The Balaban J connectivity index is 2.21. The standard InChI is InChI=1S/C27H37N5O4/c1-6-11-21(31(15-14-22(28)33)26(34)17(3)4)20(7-2)24-29-25-23(18(5)30-36-25)27(35)32(24)16-19-12-9-8-10-13-19/h8-10,12-13,17,20-21H,6-7,11,14-16H2,1-5H3,(H2,28,33). The molecule has 0 saturated carbocycles. The topological polar surface area (TPSA) is 124 Å². The number of rotatable bonds is 12. The van der Waals surface area contributed by atoms with Crippen LogP contribution in [0.15, 0.2) is 39.6 Å². The van der Waals surface area contributed by atoms with Crippen LogP contribution in [0.1, 0.15) is 76.4 Å². The Morgan fingerprint density at radius 1 is 1.17 bits per heavy atom. The lowest BCUT2D eigenvalue weighted by atomic mass is 9.89. The molecule has 2 amide bonds. The van der Waals surface area contributed by atoms with Gasteiger partial charge in [0, 0.05) is 30.8 Å². The molecule has 36 heavy (non-hydrogen) atoms. The van der Waals surface area contributed by atoms with Crippen LogP contribution in [0.3, 0.4) is 0 Å². The number of aromatic nitrogens is 3. The molecule has 2 aromatic heterocycles. The largest absolute Gasteiger partial charge is 0.370 e. The number of carbonyl (C=O) groups excluding carboxylic acids is 2. The lowest BCUT2D eigenvalue weighted by molar-refractivity contribution is -0.138. The molecular formula is C27H37N5O4. The molecule has 2 heterocycles. The highest BCUT2D eigenvalue weighted by Gasteiger charge is 2.35. The van der Waals surface area contributed by atoms with Crippen LogP contribution >= 0.6 is 0 Å². The zero-order chi connectivity index (χ0) is 26.4. The summed E-state index contributed by atoms with van der Waals surface area (Å²) in [7, 11) is 0. The molecule has 3 aromatic rings. The van der Waals surface area contributed by atoms with E-state index < -0.39 is 5.91 Å². The van der Waals surface area contributed by atoms with Crippen LogP contribution in [0.5, 0.6) is 0 Å². The highest BCUT2D eigenvalue weighted by molar-refractivity contribution is 5.80. The quantitative estimate of drug-likeness (QED) is 0.408. The summed E-state index contributed by atoms with van der Waals surface area (Å²) < 4.78 is 7.10. The Morgan fingerprint density at radius 3 is 2.44 bits per heavy atom. The second kappa shape index (κ2) is 12.0. The molecule has 194 valence electrons. The molecule has 3 rings (SSSR count). The Morgan fingerprint density at radius 2 is 1.86 bits per heavy atom. The van der Waals surface area contributed by atoms with Crippen LogP contribution in [0.2, 0.25) is 0 Å². The lowest BCUT2D eigenvalue weighted by Crippen LogP contribution is -2.48. The first-order chi connectivity index (χ1) is 17.2. The van der Waals surface area contributed by atoms with Crippen molar-refractivity contribution in [3.63, 3.8) is 0 Å². The maximum absolute atomic E-state index is 13.7. The monoisotopic (exact) mass is 495 g/mol. The van der Waals surface area contributed by atoms with E-state index in [0.717, 1.165) is 12.0 Å². The van der Waals surface area contributed by atoms with Crippen LogP contribution in [-0.2, 0) is 16.1 Å². The van der Waals surface area contributed by atoms with Crippen molar-refractivity contribution in [1.29, 1.82) is 0 Å². The number of nitrogens with zero attached hydrogens (tertiary/aromatic N) is 4. The van der Waals surface area contributed by atoms with Crippen LogP contribution in [0.4, 0.5) is 0 Å². The normalized spacial score (nSPS) is 13.2. The SMILES string of the molecule is CCCC(C(CC)c1nc2onc(C)c2c(=O)n1Cc1ccccc1)N(CCC(N)=O)C(=O)C(C)C. The first-order valence-corrected chi connectivity index (χ1v) is 12.7. The predicted octanol–water partition coefficient (Wildman–Crippen LogP) is 3.76. The van der Waals surface area contributed by atoms with Crippen molar-refractivity contribution in [2.75, 3.05) is 6.54 Å². The predicted molar refractivity (Wildman–Crippen MR) is 138 cm³/mol. The highest BCUT2D eigenvalue weighted by atomic mass is 16.5. The van der Waals surface area contributed by atoms with Gasteiger partial charge >= 0.3 is 0 Å². The van der Waals surface area contributed by atoms with E-state index in [9.17, 15) is 14.4 Å². The number of fused-ring (bicyclic) bond motifs is 1. The second-order valence-corrected chi connectivity index (χ2v) is 9.57. The fraction of sp³-hybridized carbons (Fsp3) is 0.519. The molecule has 1 aromatic carbocycles. The van der Waals surface area contributed by atoms with Gasteiger partial charge < -0.3 is 15.2 Å². The van der Waals surface area contributed by atoms with E-state index in [1.54, 1.807) is 16.4 Å². The van der Waals surface area contributed by atoms with E-state index in [-0.39, 0.29) is 48.0 Å². The molecular weight excluding hydrogens is 458 g/mol. The van der Waals surface area contributed by atoms with Gasteiger partial charge in [0.25, 0.3) is 11.3 Å². The third-order valence-corrected chi connectivity index (χ3v) is 6.58. The third-order valence-electron chi connectivity index (χ3n) is 6.58. The number of nitrogens with two attached hydrogens (primary N) is 1. The summed E-state index contributed by atoms with van der Waals surface area (Å²) in [4.78, 5) is 45.3. The molecule has 0 bridgehead atoms. The van der Waals surface area contributed by atoms with Crippen LogP contribution < -0.4 is 11.3 Å². The van der Waals surface area contributed by atoms with Crippen LogP contribution in [0.25, 0.3) is 11.1 Å². The molecule has 2 unspecified atom stereocenters. The van der Waals surface area contributed by atoms with Crippen molar-refractivity contribution in [2.24, 2.45) is 11.7 Å². The Labute approximate surface area is 211 Å². The first kappa shape index (κ1) is 27.1. The number of hydrogen-bond acceptors (Lipinski definition) is 6. The molecule has 0 saturated heterocycles. The van der Waals surface area contributed by atoms with Crippen molar-refractivity contribution in [2.45, 2.75) is 78.8 Å².